The zero-order chi connectivity index (χ0) is 18.7. The van der Waals surface area contributed by atoms with Crippen LogP contribution >= 0.6 is 11.6 Å². The van der Waals surface area contributed by atoms with Gasteiger partial charge in [0, 0.05) is 18.8 Å². The van der Waals surface area contributed by atoms with Crippen LogP contribution in [0.1, 0.15) is 11.3 Å². The molecule has 0 saturated carbocycles. The standard InChI is InChI=1S/C19H19ClN4O2/c1-13-7-8-17-21-14(9-19(26)24(17)10-13)11-23(2)12-18(25)22-16-6-4-3-5-15(16)20/h3-10H,11-12H2,1-2H3,(H,22,25). The normalized spacial score (nSPS) is 11.1. The summed E-state index contributed by atoms with van der Waals surface area (Å²) in [5.74, 6) is -0.186. The van der Waals surface area contributed by atoms with Gasteiger partial charge in [-0.3, -0.25) is 18.9 Å². The van der Waals surface area contributed by atoms with Crippen LogP contribution in [-0.2, 0) is 11.3 Å². The minimum atomic E-state index is -0.186. The summed E-state index contributed by atoms with van der Waals surface area (Å²) in [5, 5.41) is 3.26. The van der Waals surface area contributed by atoms with E-state index in [4.69, 9.17) is 11.6 Å². The van der Waals surface area contributed by atoms with Crippen LogP contribution in [0.5, 0.6) is 0 Å². The molecule has 134 valence electrons. The molecule has 6 nitrogen and oxygen atoms in total. The summed E-state index contributed by atoms with van der Waals surface area (Å²) >= 11 is 6.04. The molecule has 26 heavy (non-hydrogen) atoms. The number of likely N-dealkylation sites (N-methyl/N-ethyl adjacent to an activating group) is 1. The van der Waals surface area contributed by atoms with Gasteiger partial charge >= 0.3 is 0 Å². The van der Waals surface area contributed by atoms with E-state index in [1.807, 2.05) is 19.1 Å². The molecule has 1 aromatic carbocycles. The number of pyridine rings is 1. The summed E-state index contributed by atoms with van der Waals surface area (Å²) in [6.07, 6.45) is 1.76. The molecule has 3 aromatic rings. The summed E-state index contributed by atoms with van der Waals surface area (Å²) in [6.45, 7) is 2.46. The Morgan fingerprint density at radius 3 is 2.81 bits per heavy atom. The van der Waals surface area contributed by atoms with Crippen molar-refractivity contribution in [3.63, 3.8) is 0 Å². The van der Waals surface area contributed by atoms with Crippen LogP contribution in [-0.4, -0.2) is 33.8 Å². The van der Waals surface area contributed by atoms with Crippen LogP contribution in [0.3, 0.4) is 0 Å². The van der Waals surface area contributed by atoms with Crippen molar-refractivity contribution >= 4 is 28.8 Å². The second kappa shape index (κ2) is 7.68. The highest BCUT2D eigenvalue weighted by Crippen LogP contribution is 2.20. The summed E-state index contributed by atoms with van der Waals surface area (Å²) in [6, 6.07) is 12.3. The number of aromatic nitrogens is 2. The van der Waals surface area contributed by atoms with Crippen molar-refractivity contribution < 1.29 is 4.79 Å². The number of para-hydroxylation sites is 1. The van der Waals surface area contributed by atoms with Crippen molar-refractivity contribution in [3.05, 3.63) is 75.3 Å². The fourth-order valence-corrected chi connectivity index (χ4v) is 2.85. The Labute approximate surface area is 156 Å². The average molecular weight is 371 g/mol. The minimum Gasteiger partial charge on any atom is -0.324 e. The lowest BCUT2D eigenvalue weighted by molar-refractivity contribution is -0.117. The van der Waals surface area contributed by atoms with Crippen LogP contribution < -0.4 is 10.9 Å². The molecule has 1 N–H and O–H groups in total. The second-order valence-electron chi connectivity index (χ2n) is 6.22. The van der Waals surface area contributed by atoms with Gasteiger partial charge in [0.05, 0.1) is 22.9 Å². The highest BCUT2D eigenvalue weighted by atomic mass is 35.5. The van der Waals surface area contributed by atoms with E-state index in [1.165, 1.54) is 10.5 Å². The van der Waals surface area contributed by atoms with Crippen LogP contribution in [0.25, 0.3) is 5.65 Å². The Bertz CT molecular complexity index is 1020. The first-order chi connectivity index (χ1) is 12.4. The lowest BCUT2D eigenvalue weighted by Gasteiger charge is -2.16. The number of nitrogens with zero attached hydrogens (tertiary/aromatic N) is 3. The fourth-order valence-electron chi connectivity index (χ4n) is 2.67. The minimum absolute atomic E-state index is 0.136. The van der Waals surface area contributed by atoms with E-state index >= 15 is 0 Å². The number of hydrogen-bond donors (Lipinski definition) is 1. The van der Waals surface area contributed by atoms with Crippen LogP contribution in [0.2, 0.25) is 5.02 Å². The number of halogens is 1. The van der Waals surface area contributed by atoms with Gasteiger partial charge in [0.1, 0.15) is 5.65 Å². The second-order valence-corrected chi connectivity index (χ2v) is 6.63. The van der Waals surface area contributed by atoms with E-state index < -0.39 is 0 Å². The summed E-state index contributed by atoms with van der Waals surface area (Å²) in [5.41, 5.74) is 2.63. The predicted molar refractivity (Wildman–Crippen MR) is 103 cm³/mol. The van der Waals surface area contributed by atoms with Gasteiger partial charge in [-0.25, -0.2) is 4.98 Å². The number of carbonyl (C=O) groups is 1. The largest absolute Gasteiger partial charge is 0.324 e. The summed E-state index contributed by atoms with van der Waals surface area (Å²) < 4.78 is 1.52. The van der Waals surface area contributed by atoms with Crippen molar-refractivity contribution in [2.45, 2.75) is 13.5 Å². The maximum absolute atomic E-state index is 12.2. The average Bonchev–Trinajstić information content (AvgIpc) is 2.57. The first-order valence-electron chi connectivity index (χ1n) is 8.14. The molecule has 0 aliphatic rings. The van der Waals surface area contributed by atoms with Gasteiger partial charge in [-0.15, -0.1) is 0 Å². The summed E-state index contributed by atoms with van der Waals surface area (Å²) in [4.78, 5) is 30.7. The number of nitrogens with one attached hydrogen (secondary N) is 1. The molecule has 1 amide bonds. The number of aryl methyl sites for hydroxylation is 1. The molecule has 0 aliphatic carbocycles. The van der Waals surface area contributed by atoms with Crippen molar-refractivity contribution in [1.82, 2.24) is 14.3 Å². The van der Waals surface area contributed by atoms with E-state index in [0.29, 0.717) is 28.6 Å². The zero-order valence-electron chi connectivity index (χ0n) is 14.6. The first-order valence-corrected chi connectivity index (χ1v) is 8.52. The lowest BCUT2D eigenvalue weighted by atomic mass is 10.3. The molecular formula is C19H19ClN4O2. The molecule has 3 rings (SSSR count). The number of fused-ring (bicyclic) bond motifs is 1. The van der Waals surface area contributed by atoms with E-state index in [2.05, 4.69) is 10.3 Å². The van der Waals surface area contributed by atoms with Gasteiger partial charge in [0.2, 0.25) is 5.91 Å². The number of hydrogen-bond acceptors (Lipinski definition) is 4. The molecule has 0 spiro atoms. The maximum atomic E-state index is 12.2. The Morgan fingerprint density at radius 2 is 2.04 bits per heavy atom. The third-order valence-electron chi connectivity index (χ3n) is 3.85. The zero-order valence-corrected chi connectivity index (χ0v) is 15.3. The Kier molecular flexibility index (Phi) is 5.35. The highest BCUT2D eigenvalue weighted by Gasteiger charge is 2.11. The molecule has 0 saturated heterocycles. The predicted octanol–water partition coefficient (Wildman–Crippen LogP) is 2.73. The molecule has 0 aliphatic heterocycles. The van der Waals surface area contributed by atoms with Gasteiger partial charge in [0.25, 0.3) is 5.56 Å². The fraction of sp³-hybridized carbons (Fsp3) is 0.211. The molecule has 2 aromatic heterocycles. The van der Waals surface area contributed by atoms with E-state index in [-0.39, 0.29) is 18.0 Å². The molecule has 7 heteroatoms. The third-order valence-corrected chi connectivity index (χ3v) is 4.18. The molecule has 0 unspecified atom stereocenters. The summed E-state index contributed by atoms with van der Waals surface area (Å²) in [7, 11) is 1.80. The van der Waals surface area contributed by atoms with Gasteiger partial charge in [0.15, 0.2) is 0 Å². The number of benzene rings is 1. The van der Waals surface area contributed by atoms with Gasteiger partial charge in [-0.05, 0) is 37.7 Å². The highest BCUT2D eigenvalue weighted by molar-refractivity contribution is 6.33. The third kappa shape index (κ3) is 4.28. The van der Waals surface area contributed by atoms with Crippen molar-refractivity contribution in [3.8, 4) is 0 Å². The van der Waals surface area contributed by atoms with E-state index in [1.54, 1.807) is 42.4 Å². The molecule has 0 radical (unpaired) electrons. The van der Waals surface area contributed by atoms with Gasteiger partial charge in [-0.1, -0.05) is 29.8 Å². The maximum Gasteiger partial charge on any atom is 0.258 e. The molecular weight excluding hydrogens is 352 g/mol. The molecule has 2 heterocycles. The number of amides is 1. The molecule has 0 fully saturated rings. The van der Waals surface area contributed by atoms with Gasteiger partial charge in [-0.2, -0.15) is 0 Å². The molecule has 0 bridgehead atoms. The monoisotopic (exact) mass is 370 g/mol. The lowest BCUT2D eigenvalue weighted by Crippen LogP contribution is -2.30. The quantitative estimate of drug-likeness (QED) is 0.750. The number of rotatable bonds is 5. The van der Waals surface area contributed by atoms with Crippen molar-refractivity contribution in [2.24, 2.45) is 0 Å². The Hall–Kier alpha value is -2.70. The number of anilines is 1. The SMILES string of the molecule is Cc1ccc2nc(CN(C)CC(=O)Nc3ccccc3Cl)cc(=O)n2c1. The Morgan fingerprint density at radius 1 is 1.27 bits per heavy atom. The van der Waals surface area contributed by atoms with Crippen molar-refractivity contribution in [2.75, 3.05) is 18.9 Å². The van der Waals surface area contributed by atoms with Crippen LogP contribution in [0, 0.1) is 6.92 Å². The molecule has 0 atom stereocenters. The van der Waals surface area contributed by atoms with Crippen molar-refractivity contribution in [1.29, 1.82) is 0 Å². The first kappa shape index (κ1) is 18.1. The van der Waals surface area contributed by atoms with Crippen LogP contribution in [0.15, 0.2) is 53.5 Å². The number of carbonyl (C=O) groups excluding carboxylic acids is 1. The Balaban J connectivity index is 1.68. The van der Waals surface area contributed by atoms with E-state index in [9.17, 15) is 9.59 Å². The topological polar surface area (TPSA) is 66.7 Å². The smallest absolute Gasteiger partial charge is 0.258 e. The van der Waals surface area contributed by atoms with Gasteiger partial charge < -0.3 is 5.32 Å². The van der Waals surface area contributed by atoms with E-state index in [0.717, 1.165) is 5.56 Å². The van der Waals surface area contributed by atoms with Crippen LogP contribution in [0.4, 0.5) is 5.69 Å².